The van der Waals surface area contributed by atoms with E-state index < -0.39 is 127 Å². The van der Waals surface area contributed by atoms with Crippen molar-refractivity contribution in [2.45, 2.75) is 236 Å². The topological polar surface area (TPSA) is 204 Å². The van der Waals surface area contributed by atoms with Gasteiger partial charge in [0.2, 0.25) is 0 Å². The molecular weight excluding hydrogens is 1130 g/mol. The lowest BCUT2D eigenvalue weighted by Crippen LogP contribution is -2.52. The van der Waals surface area contributed by atoms with Gasteiger partial charge in [-0.15, -0.1) is 6.58 Å². The monoisotopic (exact) mass is 1250 g/mol. The summed E-state index contributed by atoms with van der Waals surface area (Å²) in [5.74, 6) is 0. The first kappa shape index (κ1) is 82.7. The Balaban J connectivity index is -0.000000174. The van der Waals surface area contributed by atoms with Gasteiger partial charge in [0, 0.05) is 6.55 Å². The van der Waals surface area contributed by atoms with E-state index in [4.69, 9.17) is 42.1 Å². The molecule has 424 valence electrons. The van der Waals surface area contributed by atoms with Gasteiger partial charge < -0.3 is 66.1 Å². The van der Waals surface area contributed by atoms with Crippen LogP contribution in [0.4, 0.5) is 0 Å². The molecule has 0 aliphatic rings. The zero-order valence-corrected chi connectivity index (χ0v) is 66.6. The third-order valence-electron chi connectivity index (χ3n) is 6.27. The highest BCUT2D eigenvalue weighted by molar-refractivity contribution is 6.89. The molecule has 15 nitrogen and oxygen atoms in total. The standard InChI is InChI=1S/C8H22O3Si3.2C7H22O3Si3.C7H20O2Si2.2C5H16O2Si2/c1-8-14(7,10-12(2,3)4)11-13(5,6)9;1-11(2,3)9-13(6,7)10-12(4,5)8;1-11(2,3)9-13(7,8)10-12(4,5)6;1-6-10(2,3)9-11(4,5)7-8;2*1-8(2,3)7-9(4,5)6/h8-9H,1H2,2-7H3;2*8H,1-7H3;8H,6-7H2,1-5H3;2*6H,1-5H3. The Morgan fingerprint density at radius 3 is 0.725 bits per heavy atom. The molecule has 0 aliphatic heterocycles. The Labute approximate surface area is 443 Å². The Morgan fingerprint density at radius 2 is 0.565 bits per heavy atom. The van der Waals surface area contributed by atoms with Crippen LogP contribution in [0.15, 0.2) is 12.3 Å². The fraction of sp³-hybridized carbons (Fsp3) is 0.949. The predicted molar refractivity (Wildman–Crippen MR) is 334 cm³/mol. The largest absolute Gasteiger partial charge is 0.473 e. The van der Waals surface area contributed by atoms with Crippen LogP contribution in [0.2, 0.25) is 229 Å². The van der Waals surface area contributed by atoms with E-state index in [9.17, 15) is 24.0 Å². The average molecular weight is 1250 g/mol. The molecule has 0 amide bonds. The van der Waals surface area contributed by atoms with Gasteiger partial charge in [0.25, 0.3) is 0 Å². The molecule has 0 aromatic rings. The molecular formula is C39H118O15Si15. The zero-order chi connectivity index (χ0) is 58.0. The van der Waals surface area contributed by atoms with Crippen LogP contribution in [0.1, 0.15) is 6.92 Å². The van der Waals surface area contributed by atoms with Gasteiger partial charge in [0.05, 0.1) is 6.23 Å². The summed E-state index contributed by atoms with van der Waals surface area (Å²) in [7, 11) is -29.4. The van der Waals surface area contributed by atoms with Crippen molar-refractivity contribution in [3.05, 3.63) is 12.3 Å². The van der Waals surface area contributed by atoms with E-state index in [0.29, 0.717) is 0 Å². The fourth-order valence-corrected chi connectivity index (χ4v) is 55.8. The molecule has 0 radical (unpaired) electrons. The molecule has 69 heavy (non-hydrogen) atoms. The Bertz CT molecular complexity index is 1220. The van der Waals surface area contributed by atoms with E-state index in [1.165, 1.54) is 0 Å². The minimum atomic E-state index is -2.85. The van der Waals surface area contributed by atoms with E-state index in [2.05, 4.69) is 158 Å². The van der Waals surface area contributed by atoms with Crippen molar-refractivity contribution >= 4 is 127 Å². The molecule has 1 unspecified atom stereocenters. The van der Waals surface area contributed by atoms with Gasteiger partial charge in [-0.25, -0.2) is 0 Å². The summed E-state index contributed by atoms with van der Waals surface area (Å²) in [6.45, 7) is 73.9. The first-order chi connectivity index (χ1) is 29.0. The van der Waals surface area contributed by atoms with Crippen molar-refractivity contribution < 1.29 is 66.1 Å². The molecule has 0 aliphatic carbocycles. The highest BCUT2D eigenvalue weighted by atomic mass is 28.5. The second-order valence-electron chi connectivity index (χ2n) is 26.9. The molecule has 0 saturated heterocycles. The maximum Gasteiger partial charge on any atom is 0.473 e. The summed E-state index contributed by atoms with van der Waals surface area (Å²) in [4.78, 5) is 47.9. The van der Waals surface area contributed by atoms with Gasteiger partial charge in [-0.3, -0.25) is 0 Å². The smallest absolute Gasteiger partial charge is 0.454 e. The van der Waals surface area contributed by atoms with Gasteiger partial charge in [-0.2, -0.15) is 0 Å². The third-order valence-corrected chi connectivity index (χ3v) is 46.8. The molecule has 0 aromatic heterocycles. The summed E-state index contributed by atoms with van der Waals surface area (Å²) in [5.41, 5.74) is 1.75. The van der Waals surface area contributed by atoms with Gasteiger partial charge in [0.15, 0.2) is 66.5 Å². The van der Waals surface area contributed by atoms with E-state index in [1.807, 2.05) is 19.6 Å². The minimum absolute atomic E-state index is 0.240. The molecule has 0 fully saturated rings. The van der Waals surface area contributed by atoms with Crippen LogP contribution < -0.4 is 0 Å². The quantitative estimate of drug-likeness (QED) is 0.0592. The summed E-state index contributed by atoms with van der Waals surface area (Å²) in [5, 5.41) is 9.01. The molecule has 6 N–H and O–H groups in total. The molecule has 0 rings (SSSR count). The molecule has 0 heterocycles. The SMILES string of the molecule is C=C[Si](C)(O[Si](C)(C)C)O[Si](C)(C)O.CC[Si](C)(C)O[Si](C)(C)CO.C[Si](C)(C)O[Si](C)(C)O.C[Si](C)(C)O[Si](C)(C)O.C[Si](C)(C)O[Si](C)(C)O[Si](C)(C)O.C[Si](C)(C)O[Si](C)(O)O[Si](C)(C)C. The van der Waals surface area contributed by atoms with Crippen molar-refractivity contribution in [2.24, 2.45) is 0 Å². The molecule has 0 saturated carbocycles. The van der Waals surface area contributed by atoms with Gasteiger partial charge in [-0.1, -0.05) is 12.6 Å². The lowest BCUT2D eigenvalue weighted by molar-refractivity contribution is 0.255. The average Bonchev–Trinajstić information content (AvgIpc) is 2.87. The van der Waals surface area contributed by atoms with E-state index in [0.717, 1.165) is 6.04 Å². The maximum atomic E-state index is 9.95. The van der Waals surface area contributed by atoms with E-state index >= 15 is 0 Å². The highest BCUT2D eigenvalue weighted by Gasteiger charge is 2.41. The summed E-state index contributed by atoms with van der Waals surface area (Å²) >= 11 is 0. The Morgan fingerprint density at radius 1 is 0.319 bits per heavy atom. The lowest BCUT2D eigenvalue weighted by Gasteiger charge is -2.35. The van der Waals surface area contributed by atoms with Crippen LogP contribution in [-0.2, 0) is 37.0 Å². The molecule has 0 bridgehead atoms. The van der Waals surface area contributed by atoms with Gasteiger partial charge >= 0.3 is 60.2 Å². The van der Waals surface area contributed by atoms with Crippen LogP contribution in [0.25, 0.3) is 0 Å². The zero-order valence-electron chi connectivity index (χ0n) is 51.6. The second kappa shape index (κ2) is 31.1. The van der Waals surface area contributed by atoms with Crippen LogP contribution in [-0.4, -0.2) is 162 Å². The fourth-order valence-electron chi connectivity index (χ4n) is 6.08. The molecule has 1 atom stereocenters. The number of aliphatic hydroxyl groups excluding tert-OH is 1. The van der Waals surface area contributed by atoms with Crippen molar-refractivity contribution in [2.75, 3.05) is 6.23 Å². The summed E-state index contributed by atoms with van der Waals surface area (Å²) < 4.78 is 51.4. The predicted octanol–water partition coefficient (Wildman–Crippen LogP) is 11.9. The number of rotatable bonds is 21. The summed E-state index contributed by atoms with van der Waals surface area (Å²) in [6.07, 6.45) is 0.240. The number of hydrogen-bond acceptors (Lipinski definition) is 15. The Kier molecular flexibility index (Phi) is 37.3. The Hall–Kier alpha value is 2.39. The number of hydrogen-bond donors (Lipinski definition) is 6. The number of aliphatic hydroxyl groups is 1. The highest BCUT2D eigenvalue weighted by Crippen LogP contribution is 2.22. The van der Waals surface area contributed by atoms with Gasteiger partial charge in [0.1, 0.15) is 0 Å². The second-order valence-corrected chi connectivity index (χ2v) is 86.3. The van der Waals surface area contributed by atoms with E-state index in [1.54, 1.807) is 64.6 Å². The van der Waals surface area contributed by atoms with E-state index in [-0.39, 0.29) is 6.23 Å². The van der Waals surface area contributed by atoms with Crippen LogP contribution in [0, 0.1) is 0 Å². The molecule has 0 aromatic carbocycles. The first-order valence-electron chi connectivity index (χ1n) is 24.2. The maximum absolute atomic E-state index is 9.95. The normalized spacial score (nSPS) is 15.0. The van der Waals surface area contributed by atoms with Crippen LogP contribution >= 0.6 is 0 Å². The third kappa shape index (κ3) is 77.0. The van der Waals surface area contributed by atoms with Crippen molar-refractivity contribution in [3.8, 4) is 0 Å². The van der Waals surface area contributed by atoms with Gasteiger partial charge in [-0.05, 0) is 222 Å². The van der Waals surface area contributed by atoms with Crippen molar-refractivity contribution in [1.82, 2.24) is 0 Å². The van der Waals surface area contributed by atoms with Crippen molar-refractivity contribution in [1.29, 1.82) is 0 Å². The molecule has 0 spiro atoms. The van der Waals surface area contributed by atoms with Crippen LogP contribution in [0.5, 0.6) is 0 Å². The van der Waals surface area contributed by atoms with Crippen LogP contribution in [0.3, 0.4) is 0 Å². The molecule has 30 heteroatoms. The first-order valence-corrected chi connectivity index (χ1v) is 69.8. The van der Waals surface area contributed by atoms with Crippen molar-refractivity contribution in [3.63, 3.8) is 0 Å². The summed E-state index contributed by atoms with van der Waals surface area (Å²) in [6, 6.07) is 1.13. The lowest BCUT2D eigenvalue weighted by atomic mass is 11.0. The minimum Gasteiger partial charge on any atom is -0.454 e.